The molecule has 138 valence electrons. The highest BCUT2D eigenvalue weighted by Gasteiger charge is 2.58. The third kappa shape index (κ3) is 3.32. The minimum atomic E-state index is -4.23. The molecular weight excluding hydrogens is 337 g/mol. The van der Waals surface area contributed by atoms with Gasteiger partial charge in [-0.15, -0.1) is 5.10 Å². The topological polar surface area (TPSA) is 71.3 Å². The molecule has 3 unspecified atom stereocenters. The number of nitrogens with zero attached hydrogens (tertiary/aromatic N) is 3. The molecular formula is C16H21F3N4O2. The fraction of sp³-hybridized carbons (Fsp3) is 0.812. The summed E-state index contributed by atoms with van der Waals surface area (Å²) in [5, 5.41) is 10.2. The van der Waals surface area contributed by atoms with Crippen molar-refractivity contribution in [1.29, 1.82) is 0 Å². The van der Waals surface area contributed by atoms with E-state index < -0.39 is 24.1 Å². The van der Waals surface area contributed by atoms with E-state index in [0.717, 1.165) is 25.9 Å². The summed E-state index contributed by atoms with van der Waals surface area (Å²) in [4.78, 5) is 14.3. The van der Waals surface area contributed by atoms with Crippen molar-refractivity contribution in [2.45, 2.75) is 57.2 Å². The third-order valence-electron chi connectivity index (χ3n) is 5.77. The van der Waals surface area contributed by atoms with Crippen molar-refractivity contribution in [2.24, 2.45) is 11.3 Å². The van der Waals surface area contributed by atoms with Gasteiger partial charge in [0, 0.05) is 19.0 Å². The molecule has 2 heterocycles. The summed E-state index contributed by atoms with van der Waals surface area (Å²) >= 11 is 0. The number of carbonyl (C=O) groups excluding carboxylic acids is 1. The quantitative estimate of drug-likeness (QED) is 0.896. The van der Waals surface area contributed by atoms with Crippen molar-refractivity contribution >= 4 is 11.9 Å². The van der Waals surface area contributed by atoms with E-state index >= 15 is 0 Å². The summed E-state index contributed by atoms with van der Waals surface area (Å²) in [6, 6.07) is -0.557. The van der Waals surface area contributed by atoms with Crippen LogP contribution >= 0.6 is 0 Å². The maximum absolute atomic E-state index is 12.6. The second-order valence-corrected chi connectivity index (χ2v) is 7.63. The zero-order chi connectivity index (χ0) is 17.8. The highest BCUT2D eigenvalue weighted by Crippen LogP contribution is 2.56. The first kappa shape index (κ1) is 16.7. The van der Waals surface area contributed by atoms with E-state index in [2.05, 4.69) is 15.5 Å². The Morgan fingerprint density at radius 1 is 1.28 bits per heavy atom. The van der Waals surface area contributed by atoms with Crippen LogP contribution in [-0.2, 0) is 4.79 Å². The van der Waals surface area contributed by atoms with Crippen LogP contribution in [-0.4, -0.2) is 46.3 Å². The van der Waals surface area contributed by atoms with Crippen molar-refractivity contribution in [3.63, 3.8) is 0 Å². The molecule has 1 amide bonds. The van der Waals surface area contributed by atoms with E-state index in [4.69, 9.17) is 4.42 Å². The highest BCUT2D eigenvalue weighted by molar-refractivity contribution is 5.83. The Hall–Kier alpha value is -1.80. The Labute approximate surface area is 143 Å². The molecule has 1 aromatic heterocycles. The molecule has 1 aliphatic heterocycles. The zero-order valence-electron chi connectivity index (χ0n) is 14.0. The van der Waals surface area contributed by atoms with Crippen LogP contribution in [0.15, 0.2) is 4.42 Å². The van der Waals surface area contributed by atoms with Gasteiger partial charge in [-0.25, -0.2) is 0 Å². The Kier molecular flexibility index (Phi) is 3.73. The maximum Gasteiger partial charge on any atom is 0.392 e. The van der Waals surface area contributed by atoms with Gasteiger partial charge in [0.1, 0.15) is 6.04 Å². The predicted molar refractivity (Wildman–Crippen MR) is 81.8 cm³/mol. The lowest BCUT2D eigenvalue weighted by molar-refractivity contribution is -0.149. The second kappa shape index (κ2) is 5.60. The smallest absolute Gasteiger partial charge is 0.392 e. The van der Waals surface area contributed by atoms with Gasteiger partial charge < -0.3 is 14.6 Å². The van der Waals surface area contributed by atoms with Gasteiger partial charge in [0.2, 0.25) is 11.8 Å². The lowest BCUT2D eigenvalue weighted by Crippen LogP contribution is -2.45. The molecule has 2 saturated carbocycles. The van der Waals surface area contributed by atoms with E-state index in [1.54, 1.807) is 6.92 Å². The van der Waals surface area contributed by atoms with Crippen LogP contribution in [0.25, 0.3) is 0 Å². The van der Waals surface area contributed by atoms with E-state index in [1.807, 2.05) is 4.90 Å². The molecule has 1 N–H and O–H groups in total. The van der Waals surface area contributed by atoms with Crippen LogP contribution in [0.3, 0.4) is 0 Å². The monoisotopic (exact) mass is 358 g/mol. The van der Waals surface area contributed by atoms with Gasteiger partial charge in [-0.2, -0.15) is 13.2 Å². The zero-order valence-corrected chi connectivity index (χ0v) is 14.0. The van der Waals surface area contributed by atoms with Crippen molar-refractivity contribution in [2.75, 3.05) is 18.4 Å². The summed E-state index contributed by atoms with van der Waals surface area (Å²) in [6.07, 6.45) is 0.396. The average Bonchev–Trinajstić information content (AvgIpc) is 3.47. The number of anilines is 1. The molecule has 0 radical (unpaired) electrons. The molecule has 2 aliphatic carbocycles. The van der Waals surface area contributed by atoms with Gasteiger partial charge in [0.05, 0.1) is 5.92 Å². The van der Waals surface area contributed by atoms with Gasteiger partial charge in [0.25, 0.3) is 0 Å². The molecule has 3 atom stereocenters. The Morgan fingerprint density at radius 3 is 2.52 bits per heavy atom. The van der Waals surface area contributed by atoms with Crippen molar-refractivity contribution in [1.82, 2.24) is 15.1 Å². The largest absolute Gasteiger partial charge is 0.408 e. The number of hydrogen-bond acceptors (Lipinski definition) is 5. The Bertz CT molecular complexity index is 661. The highest BCUT2D eigenvalue weighted by atomic mass is 19.4. The Balaban J connectivity index is 1.31. The molecule has 1 saturated heterocycles. The summed E-state index contributed by atoms with van der Waals surface area (Å²) in [5.41, 5.74) is 0.494. The molecule has 1 spiro atoms. The summed E-state index contributed by atoms with van der Waals surface area (Å²) in [7, 11) is 0. The normalized spacial score (nSPS) is 28.7. The fourth-order valence-electron chi connectivity index (χ4n) is 3.67. The molecule has 9 heteroatoms. The van der Waals surface area contributed by atoms with Crippen LogP contribution < -0.4 is 5.32 Å². The van der Waals surface area contributed by atoms with Gasteiger partial charge in [-0.05, 0) is 44.4 Å². The Morgan fingerprint density at radius 2 is 1.96 bits per heavy atom. The number of alkyl halides is 3. The number of likely N-dealkylation sites (tertiary alicyclic amines) is 1. The molecule has 3 fully saturated rings. The van der Waals surface area contributed by atoms with Crippen molar-refractivity contribution in [3.05, 3.63) is 5.89 Å². The van der Waals surface area contributed by atoms with E-state index in [-0.39, 0.29) is 24.2 Å². The first-order chi connectivity index (χ1) is 11.8. The van der Waals surface area contributed by atoms with E-state index in [0.29, 0.717) is 5.41 Å². The molecule has 3 aliphatic rings. The predicted octanol–water partition coefficient (Wildman–Crippen LogP) is 2.94. The number of piperidine rings is 1. The molecule has 0 aromatic carbocycles. The molecule has 1 aromatic rings. The first-order valence-corrected chi connectivity index (χ1v) is 8.73. The lowest BCUT2D eigenvalue weighted by Gasteiger charge is -2.33. The summed E-state index contributed by atoms with van der Waals surface area (Å²) in [6.45, 7) is 3.22. The second-order valence-electron chi connectivity index (χ2n) is 7.63. The van der Waals surface area contributed by atoms with Crippen LogP contribution in [0, 0.1) is 11.3 Å². The van der Waals surface area contributed by atoms with Crippen LogP contribution in [0.5, 0.6) is 0 Å². The van der Waals surface area contributed by atoms with Gasteiger partial charge in [-0.1, -0.05) is 5.10 Å². The number of nitrogens with one attached hydrogen (secondary N) is 1. The summed E-state index contributed by atoms with van der Waals surface area (Å²) in [5.74, 6) is -2.22. The number of rotatable bonds is 4. The van der Waals surface area contributed by atoms with Crippen LogP contribution in [0.1, 0.15) is 50.8 Å². The average molecular weight is 358 g/mol. The van der Waals surface area contributed by atoms with E-state index in [9.17, 15) is 18.0 Å². The van der Waals surface area contributed by atoms with Gasteiger partial charge in [-0.3, -0.25) is 4.79 Å². The molecule has 6 nitrogen and oxygen atoms in total. The SMILES string of the molecule is CC(Nc1nnc(C2CC2C(F)(F)F)o1)C(=O)N1CCC2(CC1)CC2. The standard InChI is InChI=1S/C16H21F3N4O2/c1-9(13(24)23-6-4-15(2-3-15)5-7-23)20-14-22-21-12(25-14)10-8-11(10)16(17,18)19/h9-11H,2-8H2,1H3,(H,20,22). The van der Waals surface area contributed by atoms with Crippen molar-refractivity contribution in [3.8, 4) is 0 Å². The minimum absolute atomic E-state index is 0.000605. The van der Waals surface area contributed by atoms with Gasteiger partial charge >= 0.3 is 12.2 Å². The lowest BCUT2D eigenvalue weighted by atomic mass is 9.93. The molecule has 4 rings (SSSR count). The van der Waals surface area contributed by atoms with Crippen molar-refractivity contribution < 1.29 is 22.4 Å². The van der Waals surface area contributed by atoms with Crippen LogP contribution in [0.2, 0.25) is 0 Å². The number of hydrogen-bond donors (Lipinski definition) is 1. The summed E-state index contributed by atoms with van der Waals surface area (Å²) < 4.78 is 43.1. The molecule has 25 heavy (non-hydrogen) atoms. The number of amides is 1. The minimum Gasteiger partial charge on any atom is -0.408 e. The number of halogens is 3. The molecule has 0 bridgehead atoms. The van der Waals surface area contributed by atoms with E-state index in [1.165, 1.54) is 12.8 Å². The van der Waals surface area contributed by atoms with Gasteiger partial charge in [0.15, 0.2) is 0 Å². The first-order valence-electron chi connectivity index (χ1n) is 8.73. The third-order valence-corrected chi connectivity index (χ3v) is 5.77. The number of carbonyl (C=O) groups is 1. The fourth-order valence-corrected chi connectivity index (χ4v) is 3.67. The number of aromatic nitrogens is 2. The maximum atomic E-state index is 12.6. The van der Waals surface area contributed by atoms with Crippen LogP contribution in [0.4, 0.5) is 19.2 Å².